The van der Waals surface area contributed by atoms with Gasteiger partial charge in [-0.15, -0.1) is 0 Å². The second-order valence-electron chi connectivity index (χ2n) is 6.60. The third-order valence-electron chi connectivity index (χ3n) is 5.08. The van der Waals surface area contributed by atoms with E-state index in [4.69, 9.17) is 0 Å². The SMILES string of the molecule is CCn1c2ccc(F)cc2c2cc(-n3nccc3-c3ccccc3)ccc21. The van der Waals surface area contributed by atoms with Gasteiger partial charge in [-0.25, -0.2) is 9.07 Å². The smallest absolute Gasteiger partial charge is 0.123 e. The molecule has 0 atom stereocenters. The first-order valence-corrected chi connectivity index (χ1v) is 9.07. The monoisotopic (exact) mass is 355 g/mol. The lowest BCUT2D eigenvalue weighted by Gasteiger charge is -2.09. The van der Waals surface area contributed by atoms with Crippen LogP contribution in [0.15, 0.2) is 79.0 Å². The van der Waals surface area contributed by atoms with Crippen molar-refractivity contribution in [1.29, 1.82) is 0 Å². The molecule has 5 aromatic rings. The highest BCUT2D eigenvalue weighted by Gasteiger charge is 2.13. The summed E-state index contributed by atoms with van der Waals surface area (Å²) in [6, 6.07) is 23.5. The van der Waals surface area contributed by atoms with Gasteiger partial charge in [0.25, 0.3) is 0 Å². The number of fused-ring (bicyclic) bond motifs is 3. The summed E-state index contributed by atoms with van der Waals surface area (Å²) < 4.78 is 18.1. The molecular formula is C23H18FN3. The average Bonchev–Trinajstić information content (AvgIpc) is 3.31. The maximum Gasteiger partial charge on any atom is 0.123 e. The van der Waals surface area contributed by atoms with E-state index in [0.29, 0.717) is 0 Å². The van der Waals surface area contributed by atoms with Crippen LogP contribution in [0.2, 0.25) is 0 Å². The average molecular weight is 355 g/mol. The Bertz CT molecular complexity index is 1270. The largest absolute Gasteiger partial charge is 0.341 e. The molecule has 0 aliphatic rings. The summed E-state index contributed by atoms with van der Waals surface area (Å²) in [6.45, 7) is 2.94. The van der Waals surface area contributed by atoms with Crippen molar-refractivity contribution in [2.24, 2.45) is 0 Å². The molecule has 132 valence electrons. The Morgan fingerprint density at radius 2 is 1.59 bits per heavy atom. The van der Waals surface area contributed by atoms with Crippen molar-refractivity contribution in [2.75, 3.05) is 0 Å². The highest BCUT2D eigenvalue weighted by atomic mass is 19.1. The van der Waals surface area contributed by atoms with Crippen LogP contribution in [0.5, 0.6) is 0 Å². The van der Waals surface area contributed by atoms with Crippen molar-refractivity contribution in [3.63, 3.8) is 0 Å². The number of aromatic nitrogens is 3. The molecule has 0 fully saturated rings. The maximum atomic E-state index is 13.9. The molecule has 3 aromatic carbocycles. The molecule has 0 spiro atoms. The first kappa shape index (κ1) is 15.8. The first-order chi connectivity index (χ1) is 13.3. The lowest BCUT2D eigenvalue weighted by atomic mass is 10.1. The molecule has 5 rings (SSSR count). The molecule has 0 unspecified atom stereocenters. The van der Waals surface area contributed by atoms with E-state index in [1.165, 1.54) is 6.07 Å². The van der Waals surface area contributed by atoms with Gasteiger partial charge in [0.1, 0.15) is 5.82 Å². The predicted octanol–water partition coefficient (Wildman–Crippen LogP) is 5.81. The van der Waals surface area contributed by atoms with Gasteiger partial charge in [0.05, 0.1) is 17.6 Å². The Labute approximate surface area is 156 Å². The molecule has 0 aliphatic heterocycles. The molecule has 4 heteroatoms. The summed E-state index contributed by atoms with van der Waals surface area (Å²) >= 11 is 0. The van der Waals surface area contributed by atoms with E-state index >= 15 is 0 Å². The van der Waals surface area contributed by atoms with Gasteiger partial charge in [0.15, 0.2) is 0 Å². The molecular weight excluding hydrogens is 337 g/mol. The predicted molar refractivity (Wildman–Crippen MR) is 108 cm³/mol. The Hall–Kier alpha value is -3.40. The van der Waals surface area contributed by atoms with E-state index in [1.807, 2.05) is 41.2 Å². The van der Waals surface area contributed by atoms with Crippen LogP contribution < -0.4 is 0 Å². The van der Waals surface area contributed by atoms with Crippen LogP contribution >= 0.6 is 0 Å². The third kappa shape index (κ3) is 2.45. The van der Waals surface area contributed by atoms with Crippen molar-refractivity contribution >= 4 is 21.8 Å². The first-order valence-electron chi connectivity index (χ1n) is 9.07. The molecule has 0 bridgehead atoms. The van der Waals surface area contributed by atoms with Crippen LogP contribution in [-0.2, 0) is 6.54 Å². The van der Waals surface area contributed by atoms with Crippen LogP contribution in [-0.4, -0.2) is 14.3 Å². The number of halogens is 1. The van der Waals surface area contributed by atoms with Crippen LogP contribution in [0, 0.1) is 5.82 Å². The molecule has 0 N–H and O–H groups in total. The number of aryl methyl sites for hydroxylation is 1. The summed E-state index contributed by atoms with van der Waals surface area (Å²) in [5, 5.41) is 6.50. The van der Waals surface area contributed by atoms with Gasteiger partial charge in [-0.05, 0) is 49.4 Å². The normalized spacial score (nSPS) is 11.5. The highest BCUT2D eigenvalue weighted by molar-refractivity contribution is 6.08. The number of nitrogens with zero attached hydrogens (tertiary/aromatic N) is 3. The molecule has 3 nitrogen and oxygen atoms in total. The highest BCUT2D eigenvalue weighted by Crippen LogP contribution is 2.32. The molecule has 2 heterocycles. The van der Waals surface area contributed by atoms with E-state index in [1.54, 1.807) is 6.07 Å². The van der Waals surface area contributed by atoms with E-state index in [-0.39, 0.29) is 5.82 Å². The van der Waals surface area contributed by atoms with Gasteiger partial charge in [-0.3, -0.25) is 0 Å². The van der Waals surface area contributed by atoms with E-state index < -0.39 is 0 Å². The van der Waals surface area contributed by atoms with Gasteiger partial charge in [-0.2, -0.15) is 5.10 Å². The van der Waals surface area contributed by atoms with Gasteiger partial charge < -0.3 is 4.57 Å². The minimum atomic E-state index is -0.216. The Morgan fingerprint density at radius 1 is 0.852 bits per heavy atom. The van der Waals surface area contributed by atoms with E-state index in [0.717, 1.165) is 45.3 Å². The Morgan fingerprint density at radius 3 is 2.37 bits per heavy atom. The number of hydrogen-bond acceptors (Lipinski definition) is 1. The van der Waals surface area contributed by atoms with Crippen molar-refractivity contribution < 1.29 is 4.39 Å². The van der Waals surface area contributed by atoms with Gasteiger partial charge in [0, 0.05) is 33.9 Å². The van der Waals surface area contributed by atoms with Gasteiger partial charge >= 0.3 is 0 Å². The zero-order valence-electron chi connectivity index (χ0n) is 14.9. The van der Waals surface area contributed by atoms with Crippen LogP contribution in [0.25, 0.3) is 38.8 Å². The van der Waals surface area contributed by atoms with Crippen molar-refractivity contribution in [3.8, 4) is 16.9 Å². The van der Waals surface area contributed by atoms with E-state index in [9.17, 15) is 4.39 Å². The zero-order valence-corrected chi connectivity index (χ0v) is 14.9. The fourth-order valence-electron chi connectivity index (χ4n) is 3.87. The Kier molecular flexibility index (Phi) is 3.57. The minimum absolute atomic E-state index is 0.216. The third-order valence-corrected chi connectivity index (χ3v) is 5.08. The van der Waals surface area contributed by atoms with Gasteiger partial charge in [0.2, 0.25) is 0 Å². The maximum absolute atomic E-state index is 13.9. The zero-order chi connectivity index (χ0) is 18.4. The summed E-state index contributed by atoms with van der Waals surface area (Å²) in [5.74, 6) is -0.216. The minimum Gasteiger partial charge on any atom is -0.341 e. The standard InChI is InChI=1S/C23H18FN3/c1-2-26-22-10-8-17(24)14-19(22)20-15-18(9-11-23(20)26)27-21(12-13-25-27)16-6-4-3-5-7-16/h3-15H,2H2,1H3. The summed E-state index contributed by atoms with van der Waals surface area (Å²) in [5.41, 5.74) is 5.26. The van der Waals surface area contributed by atoms with Crippen molar-refractivity contribution in [1.82, 2.24) is 14.3 Å². The molecule has 0 saturated heterocycles. The fraction of sp³-hybridized carbons (Fsp3) is 0.0870. The molecule has 27 heavy (non-hydrogen) atoms. The summed E-state index contributed by atoms with van der Waals surface area (Å²) in [4.78, 5) is 0. The Balaban J connectivity index is 1.76. The molecule has 2 aromatic heterocycles. The topological polar surface area (TPSA) is 22.8 Å². The van der Waals surface area contributed by atoms with Crippen LogP contribution in [0.4, 0.5) is 4.39 Å². The lowest BCUT2D eigenvalue weighted by molar-refractivity contribution is 0.629. The van der Waals surface area contributed by atoms with Crippen molar-refractivity contribution in [2.45, 2.75) is 13.5 Å². The quantitative estimate of drug-likeness (QED) is 0.401. The number of rotatable bonds is 3. The van der Waals surface area contributed by atoms with Crippen LogP contribution in [0.1, 0.15) is 6.92 Å². The summed E-state index contributed by atoms with van der Waals surface area (Å²) in [6.07, 6.45) is 1.81. The lowest BCUT2D eigenvalue weighted by Crippen LogP contribution is -1.99. The molecule has 0 aliphatic carbocycles. The molecule has 0 amide bonds. The second kappa shape index (κ2) is 6.09. The van der Waals surface area contributed by atoms with Crippen molar-refractivity contribution in [3.05, 3.63) is 84.8 Å². The molecule has 0 saturated carbocycles. The number of hydrogen-bond donors (Lipinski definition) is 0. The van der Waals surface area contributed by atoms with Gasteiger partial charge in [-0.1, -0.05) is 30.3 Å². The number of benzene rings is 3. The summed E-state index contributed by atoms with van der Waals surface area (Å²) in [7, 11) is 0. The molecule has 0 radical (unpaired) electrons. The fourth-order valence-corrected chi connectivity index (χ4v) is 3.87. The van der Waals surface area contributed by atoms with Crippen LogP contribution in [0.3, 0.4) is 0 Å². The second-order valence-corrected chi connectivity index (χ2v) is 6.60. The van der Waals surface area contributed by atoms with E-state index in [2.05, 4.69) is 46.9 Å².